The fraction of sp³-hybridized carbons (Fsp3) is 0.412. The maximum absolute atomic E-state index is 5.52. The van der Waals surface area contributed by atoms with Crippen LogP contribution in [0.3, 0.4) is 0 Å². The molecular weight excluding hydrogens is 266 g/mol. The van der Waals surface area contributed by atoms with E-state index in [1.807, 2.05) is 0 Å². The molecule has 0 radical (unpaired) electrons. The largest absolute Gasteiger partial charge is 0.382 e. The van der Waals surface area contributed by atoms with Crippen molar-refractivity contribution in [2.24, 2.45) is 0 Å². The molecule has 2 aromatic carbocycles. The molecule has 21 heavy (non-hydrogen) atoms. The van der Waals surface area contributed by atoms with Gasteiger partial charge in [0.05, 0.1) is 33.0 Å². The lowest BCUT2D eigenvalue weighted by Gasteiger charge is -2.10. The Kier molecular flexibility index (Phi) is 7.01. The van der Waals surface area contributed by atoms with Crippen molar-refractivity contribution in [1.82, 2.24) is 0 Å². The first-order valence-corrected chi connectivity index (χ1v) is 7.28. The molecule has 0 bridgehead atoms. The van der Waals surface area contributed by atoms with Gasteiger partial charge in [0.2, 0.25) is 0 Å². The summed E-state index contributed by atoms with van der Waals surface area (Å²) in [6, 6.07) is 14.6. The van der Waals surface area contributed by atoms with Crippen LogP contribution in [0.2, 0.25) is 0 Å². The van der Waals surface area contributed by atoms with Gasteiger partial charge in [-0.05, 0) is 11.5 Å². The molecule has 0 aliphatic heterocycles. The first kappa shape index (κ1) is 15.8. The zero-order valence-electron chi connectivity index (χ0n) is 12.5. The number of methoxy groups -OCH3 is 1. The average molecular weight is 289 g/mol. The zero-order chi connectivity index (χ0) is 14.8. The van der Waals surface area contributed by atoms with Crippen LogP contribution in [0.5, 0.6) is 0 Å². The SMILES string of the molecule is COCCOCCOCCNc1cccc2ccccc12. The summed E-state index contributed by atoms with van der Waals surface area (Å²) in [5.74, 6) is 0. The Balaban J connectivity index is 1.64. The lowest BCUT2D eigenvalue weighted by Crippen LogP contribution is -2.13. The van der Waals surface area contributed by atoms with Gasteiger partial charge in [-0.15, -0.1) is 0 Å². The fourth-order valence-corrected chi connectivity index (χ4v) is 2.10. The van der Waals surface area contributed by atoms with Crippen LogP contribution in [0.15, 0.2) is 42.5 Å². The van der Waals surface area contributed by atoms with Gasteiger partial charge >= 0.3 is 0 Å². The molecule has 0 atom stereocenters. The summed E-state index contributed by atoms with van der Waals surface area (Å²) in [5, 5.41) is 5.90. The molecule has 0 fully saturated rings. The highest BCUT2D eigenvalue weighted by Crippen LogP contribution is 2.22. The molecule has 0 aliphatic rings. The van der Waals surface area contributed by atoms with E-state index >= 15 is 0 Å². The summed E-state index contributed by atoms with van der Waals surface area (Å²) in [7, 11) is 1.67. The highest BCUT2D eigenvalue weighted by Gasteiger charge is 1.98. The topological polar surface area (TPSA) is 39.7 Å². The molecular formula is C17H23NO3. The maximum atomic E-state index is 5.52. The van der Waals surface area contributed by atoms with E-state index in [9.17, 15) is 0 Å². The second-order valence-corrected chi connectivity index (χ2v) is 4.67. The van der Waals surface area contributed by atoms with Crippen LogP contribution in [-0.2, 0) is 14.2 Å². The maximum Gasteiger partial charge on any atom is 0.0701 e. The third-order valence-corrected chi connectivity index (χ3v) is 3.16. The summed E-state index contributed by atoms with van der Waals surface area (Å²) in [6.07, 6.45) is 0. The first-order chi connectivity index (χ1) is 10.4. The molecule has 0 amide bonds. The summed E-state index contributed by atoms with van der Waals surface area (Å²) in [6.45, 7) is 3.91. The molecule has 114 valence electrons. The van der Waals surface area contributed by atoms with Gasteiger partial charge < -0.3 is 19.5 Å². The summed E-state index contributed by atoms with van der Waals surface area (Å²) in [4.78, 5) is 0. The number of hydrogen-bond donors (Lipinski definition) is 1. The van der Waals surface area contributed by atoms with Crippen LogP contribution in [0.25, 0.3) is 10.8 Å². The minimum absolute atomic E-state index is 0.609. The van der Waals surface area contributed by atoms with Crippen LogP contribution < -0.4 is 5.32 Å². The van der Waals surface area contributed by atoms with Gasteiger partial charge in [0, 0.05) is 24.7 Å². The summed E-state index contributed by atoms with van der Waals surface area (Å²) in [5.41, 5.74) is 1.15. The quantitative estimate of drug-likeness (QED) is 0.683. The van der Waals surface area contributed by atoms with Gasteiger partial charge in [-0.25, -0.2) is 0 Å². The predicted molar refractivity (Wildman–Crippen MR) is 86.0 cm³/mol. The van der Waals surface area contributed by atoms with Gasteiger partial charge in [0.25, 0.3) is 0 Å². The van der Waals surface area contributed by atoms with Gasteiger partial charge in [-0.3, -0.25) is 0 Å². The highest BCUT2D eigenvalue weighted by molar-refractivity contribution is 5.93. The Morgan fingerprint density at radius 3 is 2.38 bits per heavy atom. The van der Waals surface area contributed by atoms with Crippen molar-refractivity contribution in [2.45, 2.75) is 0 Å². The van der Waals surface area contributed by atoms with Crippen LogP contribution >= 0.6 is 0 Å². The number of nitrogens with one attached hydrogen (secondary N) is 1. The molecule has 0 unspecified atom stereocenters. The standard InChI is InChI=1S/C17H23NO3/c1-19-11-12-21-14-13-20-10-9-18-17-8-4-6-15-5-2-3-7-16(15)17/h2-8,18H,9-14H2,1H3. The molecule has 0 spiro atoms. The molecule has 2 aromatic rings. The minimum Gasteiger partial charge on any atom is -0.382 e. The molecule has 0 saturated heterocycles. The Bertz CT molecular complexity index is 525. The molecule has 2 rings (SSSR count). The van der Waals surface area contributed by atoms with E-state index in [-0.39, 0.29) is 0 Å². The first-order valence-electron chi connectivity index (χ1n) is 7.28. The Morgan fingerprint density at radius 1 is 0.810 bits per heavy atom. The third kappa shape index (κ3) is 5.34. The molecule has 0 aliphatic carbocycles. The fourth-order valence-electron chi connectivity index (χ4n) is 2.10. The van der Waals surface area contributed by atoms with Gasteiger partial charge in [0.1, 0.15) is 0 Å². The van der Waals surface area contributed by atoms with Gasteiger partial charge in [0.15, 0.2) is 0 Å². The molecule has 1 N–H and O–H groups in total. The Hall–Kier alpha value is -1.62. The van der Waals surface area contributed by atoms with E-state index in [0.717, 1.165) is 12.2 Å². The van der Waals surface area contributed by atoms with Crippen molar-refractivity contribution in [1.29, 1.82) is 0 Å². The van der Waals surface area contributed by atoms with Crippen molar-refractivity contribution < 1.29 is 14.2 Å². The van der Waals surface area contributed by atoms with E-state index in [4.69, 9.17) is 14.2 Å². The second-order valence-electron chi connectivity index (χ2n) is 4.67. The van der Waals surface area contributed by atoms with Crippen LogP contribution in [0, 0.1) is 0 Å². The number of hydrogen-bond acceptors (Lipinski definition) is 4. The lowest BCUT2D eigenvalue weighted by atomic mass is 10.1. The highest BCUT2D eigenvalue weighted by atomic mass is 16.5. The Morgan fingerprint density at radius 2 is 1.52 bits per heavy atom. The van der Waals surface area contributed by atoms with E-state index < -0.39 is 0 Å². The van der Waals surface area contributed by atoms with Crippen molar-refractivity contribution in [3.63, 3.8) is 0 Å². The number of anilines is 1. The normalized spacial score (nSPS) is 10.9. The summed E-state index contributed by atoms with van der Waals surface area (Å²) < 4.78 is 15.7. The minimum atomic E-state index is 0.609. The van der Waals surface area contributed by atoms with E-state index in [2.05, 4.69) is 47.8 Å². The predicted octanol–water partition coefficient (Wildman–Crippen LogP) is 2.93. The van der Waals surface area contributed by atoms with E-state index in [0.29, 0.717) is 33.0 Å². The zero-order valence-corrected chi connectivity index (χ0v) is 12.5. The third-order valence-electron chi connectivity index (χ3n) is 3.16. The van der Waals surface area contributed by atoms with Crippen LogP contribution in [-0.4, -0.2) is 46.7 Å². The average Bonchev–Trinajstić information content (AvgIpc) is 2.53. The molecule has 4 nitrogen and oxygen atoms in total. The molecule has 0 saturated carbocycles. The molecule has 0 aromatic heterocycles. The second kappa shape index (κ2) is 9.34. The van der Waals surface area contributed by atoms with Crippen molar-refractivity contribution in [3.8, 4) is 0 Å². The Labute approximate surface area is 126 Å². The van der Waals surface area contributed by atoms with Gasteiger partial charge in [-0.1, -0.05) is 36.4 Å². The number of ether oxygens (including phenoxy) is 3. The molecule has 0 heterocycles. The molecule has 4 heteroatoms. The van der Waals surface area contributed by atoms with Crippen molar-refractivity contribution in [2.75, 3.05) is 52.0 Å². The summed E-state index contributed by atoms with van der Waals surface area (Å²) >= 11 is 0. The number of benzene rings is 2. The van der Waals surface area contributed by atoms with Crippen LogP contribution in [0.1, 0.15) is 0 Å². The number of rotatable bonds is 10. The van der Waals surface area contributed by atoms with Crippen molar-refractivity contribution in [3.05, 3.63) is 42.5 Å². The lowest BCUT2D eigenvalue weighted by molar-refractivity contribution is 0.0272. The monoisotopic (exact) mass is 289 g/mol. The van der Waals surface area contributed by atoms with E-state index in [1.54, 1.807) is 7.11 Å². The number of fused-ring (bicyclic) bond motifs is 1. The van der Waals surface area contributed by atoms with Crippen molar-refractivity contribution >= 4 is 16.5 Å². The van der Waals surface area contributed by atoms with Gasteiger partial charge in [-0.2, -0.15) is 0 Å². The van der Waals surface area contributed by atoms with E-state index in [1.165, 1.54) is 10.8 Å². The smallest absolute Gasteiger partial charge is 0.0701 e. The van der Waals surface area contributed by atoms with Crippen LogP contribution in [0.4, 0.5) is 5.69 Å².